The maximum absolute atomic E-state index is 13.0. The molecule has 0 aliphatic carbocycles. The summed E-state index contributed by atoms with van der Waals surface area (Å²) in [6, 6.07) is 10.1. The number of ether oxygens (including phenoxy) is 1. The van der Waals surface area contributed by atoms with Gasteiger partial charge in [0.1, 0.15) is 5.56 Å². The summed E-state index contributed by atoms with van der Waals surface area (Å²) in [7, 11) is 0. The van der Waals surface area contributed by atoms with Gasteiger partial charge in [-0.2, -0.15) is 13.2 Å². The molecule has 0 spiro atoms. The fourth-order valence-corrected chi connectivity index (χ4v) is 2.77. The number of benzene rings is 1. The molecule has 0 amide bonds. The molecule has 0 saturated heterocycles. The molecule has 1 aromatic heterocycles. The third-order valence-electron chi connectivity index (χ3n) is 2.40. The van der Waals surface area contributed by atoms with Crippen LogP contribution in [0.1, 0.15) is 19.4 Å². The van der Waals surface area contributed by atoms with Crippen molar-refractivity contribution in [1.82, 2.24) is 0 Å². The van der Waals surface area contributed by atoms with Crippen molar-refractivity contribution in [3.05, 3.63) is 42.0 Å². The first-order valence-electron chi connectivity index (χ1n) is 5.81. The van der Waals surface area contributed by atoms with Gasteiger partial charge >= 0.3 is 6.18 Å². The minimum Gasteiger partial charge on any atom is -0.481 e. The molecule has 1 heterocycles. The minimum atomic E-state index is -4.40. The van der Waals surface area contributed by atoms with E-state index in [0.29, 0.717) is 4.88 Å². The summed E-state index contributed by atoms with van der Waals surface area (Å²) >= 11 is 1.03. The summed E-state index contributed by atoms with van der Waals surface area (Å²) < 4.78 is 44.1. The highest BCUT2D eigenvalue weighted by molar-refractivity contribution is 7.17. The molecular formula is C14H13F3OS. The first-order valence-corrected chi connectivity index (χ1v) is 6.62. The van der Waals surface area contributed by atoms with Crippen molar-refractivity contribution in [2.45, 2.75) is 26.1 Å². The molecule has 1 nitrogen and oxygen atoms in total. The van der Waals surface area contributed by atoms with E-state index in [1.807, 2.05) is 6.07 Å². The van der Waals surface area contributed by atoms with Gasteiger partial charge in [-0.1, -0.05) is 41.7 Å². The molecular weight excluding hydrogens is 273 g/mol. The molecule has 0 fully saturated rings. The Morgan fingerprint density at radius 1 is 1.11 bits per heavy atom. The van der Waals surface area contributed by atoms with Crippen LogP contribution in [0.5, 0.6) is 5.06 Å². The summed E-state index contributed by atoms with van der Waals surface area (Å²) in [5.74, 6) is 0. The number of alkyl halides is 3. The molecule has 102 valence electrons. The van der Waals surface area contributed by atoms with Crippen molar-refractivity contribution >= 4 is 11.3 Å². The van der Waals surface area contributed by atoms with Crippen molar-refractivity contribution in [1.29, 1.82) is 0 Å². The molecule has 0 radical (unpaired) electrons. The van der Waals surface area contributed by atoms with E-state index in [9.17, 15) is 13.2 Å². The lowest BCUT2D eigenvalue weighted by Gasteiger charge is -2.11. The Bertz CT molecular complexity index is 544. The average molecular weight is 286 g/mol. The van der Waals surface area contributed by atoms with E-state index in [1.165, 1.54) is 0 Å². The lowest BCUT2D eigenvalue weighted by atomic mass is 10.1. The van der Waals surface area contributed by atoms with Gasteiger partial charge in [0, 0.05) is 4.88 Å². The van der Waals surface area contributed by atoms with E-state index < -0.39 is 11.7 Å². The largest absolute Gasteiger partial charge is 0.481 e. The van der Waals surface area contributed by atoms with Gasteiger partial charge in [-0.25, -0.2) is 0 Å². The Morgan fingerprint density at radius 3 is 2.26 bits per heavy atom. The Labute approximate surface area is 113 Å². The van der Waals surface area contributed by atoms with Crippen LogP contribution < -0.4 is 4.74 Å². The monoisotopic (exact) mass is 286 g/mol. The lowest BCUT2D eigenvalue weighted by molar-refractivity contribution is -0.138. The third-order valence-corrected chi connectivity index (χ3v) is 3.48. The molecule has 19 heavy (non-hydrogen) atoms. The maximum atomic E-state index is 13.0. The van der Waals surface area contributed by atoms with Crippen LogP contribution in [0.3, 0.4) is 0 Å². The van der Waals surface area contributed by atoms with Crippen LogP contribution >= 0.6 is 11.3 Å². The molecule has 2 rings (SSSR count). The predicted octanol–water partition coefficient (Wildman–Crippen LogP) is 5.22. The van der Waals surface area contributed by atoms with Gasteiger partial charge in [0.2, 0.25) is 0 Å². The minimum absolute atomic E-state index is 0.0682. The quantitative estimate of drug-likeness (QED) is 0.751. The van der Waals surface area contributed by atoms with E-state index in [-0.39, 0.29) is 11.2 Å². The summed E-state index contributed by atoms with van der Waals surface area (Å²) in [5, 5.41) is -0.0682. The smallest absolute Gasteiger partial charge is 0.420 e. The molecule has 1 aromatic carbocycles. The Balaban J connectivity index is 2.46. The van der Waals surface area contributed by atoms with E-state index in [0.717, 1.165) is 23.0 Å². The van der Waals surface area contributed by atoms with Gasteiger partial charge in [0.15, 0.2) is 5.06 Å². The van der Waals surface area contributed by atoms with Gasteiger partial charge in [-0.3, -0.25) is 0 Å². The normalized spacial score (nSPS) is 11.9. The van der Waals surface area contributed by atoms with E-state index in [4.69, 9.17) is 4.74 Å². The highest BCUT2D eigenvalue weighted by Gasteiger charge is 2.36. The maximum Gasteiger partial charge on any atom is 0.420 e. The van der Waals surface area contributed by atoms with E-state index in [1.54, 1.807) is 38.1 Å². The van der Waals surface area contributed by atoms with Gasteiger partial charge in [-0.05, 0) is 25.5 Å². The van der Waals surface area contributed by atoms with Gasteiger partial charge in [0.25, 0.3) is 0 Å². The SMILES string of the molecule is CC(C)Oc1sc(-c2ccccc2)cc1C(F)(F)F. The zero-order valence-corrected chi connectivity index (χ0v) is 11.3. The first kappa shape index (κ1) is 13.9. The second kappa shape index (κ2) is 5.25. The lowest BCUT2D eigenvalue weighted by Crippen LogP contribution is -2.10. The van der Waals surface area contributed by atoms with Crippen LogP contribution in [0.4, 0.5) is 13.2 Å². The molecule has 2 aromatic rings. The van der Waals surface area contributed by atoms with E-state index in [2.05, 4.69) is 0 Å². The van der Waals surface area contributed by atoms with Crippen molar-refractivity contribution in [2.75, 3.05) is 0 Å². The zero-order valence-electron chi connectivity index (χ0n) is 10.5. The number of thiophene rings is 1. The number of hydrogen-bond acceptors (Lipinski definition) is 2. The van der Waals surface area contributed by atoms with Gasteiger partial charge in [0.05, 0.1) is 6.10 Å². The molecule has 5 heteroatoms. The van der Waals surface area contributed by atoms with Crippen molar-refractivity contribution < 1.29 is 17.9 Å². The van der Waals surface area contributed by atoms with E-state index >= 15 is 0 Å². The van der Waals surface area contributed by atoms with Gasteiger partial charge in [-0.15, -0.1) is 0 Å². The summed E-state index contributed by atoms with van der Waals surface area (Å²) in [5.41, 5.74) is 0.0571. The van der Waals surface area contributed by atoms with Crippen molar-refractivity contribution in [3.8, 4) is 15.5 Å². The first-order chi connectivity index (χ1) is 8.88. The number of hydrogen-bond donors (Lipinski definition) is 0. The number of halogens is 3. The third kappa shape index (κ3) is 3.29. The highest BCUT2D eigenvalue weighted by atomic mass is 32.1. The van der Waals surface area contributed by atoms with Crippen LogP contribution in [0.15, 0.2) is 36.4 Å². The molecule has 0 unspecified atom stereocenters. The van der Waals surface area contributed by atoms with Crippen molar-refractivity contribution in [2.24, 2.45) is 0 Å². The second-order valence-electron chi connectivity index (χ2n) is 4.34. The molecule has 0 aliphatic heterocycles. The van der Waals surface area contributed by atoms with Crippen LogP contribution in [-0.2, 0) is 6.18 Å². The molecule has 0 saturated carbocycles. The van der Waals surface area contributed by atoms with Crippen molar-refractivity contribution in [3.63, 3.8) is 0 Å². The molecule has 0 bridgehead atoms. The summed E-state index contributed by atoms with van der Waals surface area (Å²) in [6.45, 7) is 3.42. The van der Waals surface area contributed by atoms with Crippen LogP contribution in [0, 0.1) is 0 Å². The standard InChI is InChI=1S/C14H13F3OS/c1-9(2)18-13-11(14(15,16)17)8-12(19-13)10-6-4-3-5-7-10/h3-9H,1-2H3. The van der Waals surface area contributed by atoms with Crippen LogP contribution in [-0.4, -0.2) is 6.10 Å². The Morgan fingerprint density at radius 2 is 1.74 bits per heavy atom. The zero-order chi connectivity index (χ0) is 14.0. The van der Waals surface area contributed by atoms with Crippen LogP contribution in [0.2, 0.25) is 0 Å². The second-order valence-corrected chi connectivity index (χ2v) is 5.36. The topological polar surface area (TPSA) is 9.23 Å². The summed E-state index contributed by atoms with van der Waals surface area (Å²) in [6.07, 6.45) is -4.68. The summed E-state index contributed by atoms with van der Waals surface area (Å²) in [4.78, 5) is 0.559. The van der Waals surface area contributed by atoms with Crippen LogP contribution in [0.25, 0.3) is 10.4 Å². The molecule has 0 aliphatic rings. The highest BCUT2D eigenvalue weighted by Crippen LogP contribution is 2.45. The molecule has 0 atom stereocenters. The fraction of sp³-hybridized carbons (Fsp3) is 0.286. The Kier molecular flexibility index (Phi) is 3.85. The fourth-order valence-electron chi connectivity index (χ4n) is 1.62. The predicted molar refractivity (Wildman–Crippen MR) is 70.5 cm³/mol. The average Bonchev–Trinajstić information content (AvgIpc) is 2.73. The molecule has 0 N–H and O–H groups in total. The number of rotatable bonds is 3. The Hall–Kier alpha value is -1.49. The van der Waals surface area contributed by atoms with Gasteiger partial charge < -0.3 is 4.74 Å².